The molecule has 1 aromatic heterocycles. The van der Waals surface area contributed by atoms with E-state index in [1.807, 2.05) is 6.92 Å². The van der Waals surface area contributed by atoms with Crippen molar-refractivity contribution in [3.05, 3.63) is 34.2 Å². The van der Waals surface area contributed by atoms with Gasteiger partial charge in [-0.3, -0.25) is 9.59 Å². The molecule has 0 bridgehead atoms. The van der Waals surface area contributed by atoms with Crippen LogP contribution in [0.4, 0.5) is 0 Å². The van der Waals surface area contributed by atoms with Crippen LogP contribution in [0.25, 0.3) is 0 Å². The highest BCUT2D eigenvalue weighted by Crippen LogP contribution is 2.04. The van der Waals surface area contributed by atoms with Crippen molar-refractivity contribution in [2.24, 2.45) is 0 Å². The van der Waals surface area contributed by atoms with Crippen LogP contribution in [-0.2, 0) is 0 Å². The average Bonchev–Trinajstić information content (AvgIpc) is 2.28. The van der Waals surface area contributed by atoms with Crippen molar-refractivity contribution in [3.8, 4) is 0 Å². The van der Waals surface area contributed by atoms with Gasteiger partial charge in [0.25, 0.3) is 5.91 Å². The monoisotopic (exact) mass is 242 g/mol. The number of pyridine rings is 1. The Labute approximate surface area is 99.0 Å². The topological polar surface area (TPSA) is 62.0 Å². The Morgan fingerprint density at radius 3 is 2.94 bits per heavy atom. The number of carbonyl (C=O) groups is 1. The fourth-order valence-electron chi connectivity index (χ4n) is 1.22. The van der Waals surface area contributed by atoms with Gasteiger partial charge in [-0.1, -0.05) is 13.0 Å². The summed E-state index contributed by atoms with van der Waals surface area (Å²) in [5.41, 5.74) is -0.00782. The molecule has 2 N–H and O–H groups in total. The molecule has 1 rings (SSSR count). The van der Waals surface area contributed by atoms with Gasteiger partial charge in [-0.25, -0.2) is 0 Å². The Morgan fingerprint density at radius 1 is 1.56 bits per heavy atom. The average molecular weight is 243 g/mol. The van der Waals surface area contributed by atoms with E-state index in [0.717, 1.165) is 12.8 Å². The molecule has 0 aliphatic rings. The number of hydrogen-bond donors (Lipinski definition) is 2. The van der Waals surface area contributed by atoms with Crippen LogP contribution in [0, 0.1) is 0 Å². The first-order valence-corrected chi connectivity index (χ1v) is 5.68. The quantitative estimate of drug-likeness (QED) is 0.769. The van der Waals surface area contributed by atoms with Crippen LogP contribution in [-0.4, -0.2) is 22.8 Å². The summed E-state index contributed by atoms with van der Waals surface area (Å²) < 4.78 is 0. The summed E-state index contributed by atoms with van der Waals surface area (Å²) in [5.74, 6) is -0.280. The maximum Gasteiger partial charge on any atom is 0.267 e. The molecule has 5 heteroatoms. The Bertz CT molecular complexity index is 403. The molecule has 0 aromatic carbocycles. The van der Waals surface area contributed by atoms with Gasteiger partial charge in [0.1, 0.15) is 5.69 Å². The summed E-state index contributed by atoms with van der Waals surface area (Å²) in [4.78, 5) is 25.0. The largest absolute Gasteiger partial charge is 0.351 e. The van der Waals surface area contributed by atoms with Gasteiger partial charge in [0.05, 0.1) is 0 Å². The second-order valence-corrected chi connectivity index (χ2v) is 4.10. The molecule has 0 fully saturated rings. The van der Waals surface area contributed by atoms with E-state index >= 15 is 0 Å². The molecule has 88 valence electrons. The summed E-state index contributed by atoms with van der Waals surface area (Å²) in [6.45, 7) is 2.51. The standard InChI is InChI=1S/C11H15ClN2O2/c1-2-8(12)6-7-13-11(16)9-4-3-5-10(15)14-9/h3-5,8H,2,6-7H2,1H3,(H,13,16)(H,14,15). The number of aromatic nitrogens is 1. The highest BCUT2D eigenvalue weighted by molar-refractivity contribution is 6.20. The number of carbonyl (C=O) groups excluding carboxylic acids is 1. The van der Waals surface area contributed by atoms with Gasteiger partial charge in [-0.2, -0.15) is 0 Å². The number of rotatable bonds is 5. The molecule has 0 saturated heterocycles. The van der Waals surface area contributed by atoms with Crippen molar-refractivity contribution in [1.82, 2.24) is 10.3 Å². The van der Waals surface area contributed by atoms with Crippen molar-refractivity contribution in [2.75, 3.05) is 6.54 Å². The highest BCUT2D eigenvalue weighted by atomic mass is 35.5. The van der Waals surface area contributed by atoms with Crippen molar-refractivity contribution in [1.29, 1.82) is 0 Å². The molecule has 1 amide bonds. The van der Waals surface area contributed by atoms with E-state index in [-0.39, 0.29) is 22.5 Å². The third kappa shape index (κ3) is 4.06. The number of alkyl halides is 1. The van der Waals surface area contributed by atoms with Gasteiger partial charge in [0.15, 0.2) is 0 Å². The molecule has 1 unspecified atom stereocenters. The van der Waals surface area contributed by atoms with Crippen LogP contribution in [0.5, 0.6) is 0 Å². The van der Waals surface area contributed by atoms with Crippen LogP contribution in [0.15, 0.2) is 23.0 Å². The summed E-state index contributed by atoms with van der Waals surface area (Å²) in [6.07, 6.45) is 1.60. The summed E-state index contributed by atoms with van der Waals surface area (Å²) in [7, 11) is 0. The minimum absolute atomic E-state index is 0.0788. The Balaban J connectivity index is 2.44. The number of amides is 1. The fourth-order valence-corrected chi connectivity index (χ4v) is 1.33. The Hall–Kier alpha value is -1.29. The zero-order valence-electron chi connectivity index (χ0n) is 9.13. The lowest BCUT2D eigenvalue weighted by molar-refractivity contribution is 0.0948. The molecule has 0 spiro atoms. The molecule has 4 nitrogen and oxygen atoms in total. The minimum Gasteiger partial charge on any atom is -0.351 e. The van der Waals surface area contributed by atoms with Gasteiger partial charge in [-0.15, -0.1) is 11.6 Å². The predicted octanol–water partition coefficient (Wildman–Crippen LogP) is 1.51. The van der Waals surface area contributed by atoms with Crippen molar-refractivity contribution < 1.29 is 4.79 Å². The molecule has 1 heterocycles. The fraction of sp³-hybridized carbons (Fsp3) is 0.455. The molecule has 1 aromatic rings. The summed E-state index contributed by atoms with van der Waals surface area (Å²) >= 11 is 5.91. The molecule has 0 aliphatic heterocycles. The SMILES string of the molecule is CCC(Cl)CCNC(=O)c1cccc(=O)[nH]1. The van der Waals surface area contributed by atoms with Crippen LogP contribution in [0.1, 0.15) is 30.3 Å². The van der Waals surface area contributed by atoms with Crippen molar-refractivity contribution in [3.63, 3.8) is 0 Å². The predicted molar refractivity (Wildman–Crippen MR) is 63.9 cm³/mol. The molecule has 1 atom stereocenters. The van der Waals surface area contributed by atoms with E-state index in [1.165, 1.54) is 6.07 Å². The van der Waals surface area contributed by atoms with E-state index in [4.69, 9.17) is 11.6 Å². The smallest absolute Gasteiger partial charge is 0.267 e. The maximum absolute atomic E-state index is 11.5. The normalized spacial score (nSPS) is 12.1. The molecular formula is C11H15ClN2O2. The third-order valence-electron chi connectivity index (χ3n) is 2.20. The molecule has 0 aliphatic carbocycles. The highest BCUT2D eigenvalue weighted by Gasteiger charge is 2.06. The van der Waals surface area contributed by atoms with E-state index in [1.54, 1.807) is 12.1 Å². The van der Waals surface area contributed by atoms with Gasteiger partial charge in [-0.05, 0) is 18.9 Å². The number of hydrogen-bond acceptors (Lipinski definition) is 2. The molecule has 0 saturated carbocycles. The van der Waals surface area contributed by atoms with Crippen molar-refractivity contribution >= 4 is 17.5 Å². The number of aromatic amines is 1. The van der Waals surface area contributed by atoms with Crippen LogP contribution >= 0.6 is 11.6 Å². The van der Waals surface area contributed by atoms with E-state index in [0.29, 0.717) is 6.54 Å². The van der Waals surface area contributed by atoms with Crippen LogP contribution in [0.2, 0.25) is 0 Å². The summed E-state index contributed by atoms with van der Waals surface area (Å²) in [6, 6.07) is 4.47. The molecule has 16 heavy (non-hydrogen) atoms. The first-order chi connectivity index (χ1) is 7.63. The van der Waals surface area contributed by atoms with Crippen molar-refractivity contribution in [2.45, 2.75) is 25.1 Å². The first-order valence-electron chi connectivity index (χ1n) is 5.25. The van der Waals surface area contributed by atoms with Gasteiger partial charge < -0.3 is 10.3 Å². The molecular weight excluding hydrogens is 228 g/mol. The first kappa shape index (κ1) is 12.8. The number of nitrogens with one attached hydrogen (secondary N) is 2. The van der Waals surface area contributed by atoms with Crippen LogP contribution < -0.4 is 10.9 Å². The lowest BCUT2D eigenvalue weighted by Crippen LogP contribution is -2.28. The van der Waals surface area contributed by atoms with Gasteiger partial charge >= 0.3 is 0 Å². The van der Waals surface area contributed by atoms with Gasteiger partial charge in [0.2, 0.25) is 5.56 Å². The minimum atomic E-state index is -0.281. The number of H-pyrrole nitrogens is 1. The van der Waals surface area contributed by atoms with E-state index in [2.05, 4.69) is 10.3 Å². The lowest BCUT2D eigenvalue weighted by Gasteiger charge is -2.07. The molecule has 0 radical (unpaired) electrons. The Kier molecular flexibility index (Phi) is 5.05. The van der Waals surface area contributed by atoms with Gasteiger partial charge in [0, 0.05) is 18.0 Å². The lowest BCUT2D eigenvalue weighted by atomic mass is 10.2. The van der Waals surface area contributed by atoms with E-state index in [9.17, 15) is 9.59 Å². The van der Waals surface area contributed by atoms with E-state index < -0.39 is 0 Å². The van der Waals surface area contributed by atoms with Crippen LogP contribution in [0.3, 0.4) is 0 Å². The zero-order valence-corrected chi connectivity index (χ0v) is 9.88. The maximum atomic E-state index is 11.5. The summed E-state index contributed by atoms with van der Waals surface area (Å²) in [5, 5.41) is 2.78. The zero-order chi connectivity index (χ0) is 12.0. The second-order valence-electron chi connectivity index (χ2n) is 3.48. The third-order valence-corrected chi connectivity index (χ3v) is 2.73. The number of halogens is 1. The second kappa shape index (κ2) is 6.33. The Morgan fingerprint density at radius 2 is 2.31 bits per heavy atom.